The van der Waals surface area contributed by atoms with Crippen LogP contribution in [0.4, 0.5) is 4.79 Å². The maximum atomic E-state index is 10.5. The summed E-state index contributed by atoms with van der Waals surface area (Å²) >= 11 is 0. The zero-order chi connectivity index (χ0) is 14.9. The van der Waals surface area contributed by atoms with Crippen LogP contribution in [0.3, 0.4) is 0 Å². The van der Waals surface area contributed by atoms with Crippen LogP contribution in [-0.4, -0.2) is 136 Å². The fourth-order valence-corrected chi connectivity index (χ4v) is 0.806. The molecule has 0 aliphatic carbocycles. The minimum absolute atomic E-state index is 0. The Hall–Kier alpha value is 0.119. The van der Waals surface area contributed by atoms with Crippen LogP contribution in [0.15, 0.2) is 0 Å². The molecule has 0 bridgehead atoms. The van der Waals surface area contributed by atoms with Gasteiger partial charge in [-0.05, 0) is 0 Å². The van der Waals surface area contributed by atoms with Crippen molar-refractivity contribution in [2.24, 2.45) is 0 Å². The second-order valence-electron chi connectivity index (χ2n) is 2.81. The zero-order valence-electron chi connectivity index (χ0n) is 8.64. The molecular formula is C7H14Ca2O11. The summed E-state index contributed by atoms with van der Waals surface area (Å²) in [6.45, 7) is 0. The molecule has 0 aromatic rings. The molecule has 0 aliphatic heterocycles. The Morgan fingerprint density at radius 1 is 0.800 bits per heavy atom. The van der Waals surface area contributed by atoms with Gasteiger partial charge in [0.05, 0.1) is 12.8 Å². The van der Waals surface area contributed by atoms with Crippen LogP contribution in [0.2, 0.25) is 0 Å². The van der Waals surface area contributed by atoms with E-state index in [4.69, 9.17) is 35.6 Å². The van der Waals surface area contributed by atoms with Gasteiger partial charge in [0.15, 0.2) is 0 Å². The minimum atomic E-state index is -2.64. The first-order chi connectivity index (χ1) is 8.07. The van der Waals surface area contributed by atoms with E-state index in [-0.39, 0.29) is 75.5 Å². The summed E-state index contributed by atoms with van der Waals surface area (Å²) in [6, 6.07) is 0. The predicted octanol–water partition coefficient (Wildman–Crippen LogP) is -2.36. The molecule has 0 aromatic carbocycles. The van der Waals surface area contributed by atoms with Gasteiger partial charge < -0.3 is 25.5 Å². The first-order valence-corrected chi connectivity index (χ1v) is 3.99. The Morgan fingerprint density at radius 2 is 1.05 bits per heavy atom. The average molecular weight is 354 g/mol. The molecule has 112 valence electrons. The normalized spacial score (nSPS) is 8.85. The molecule has 20 heavy (non-hydrogen) atoms. The molecule has 6 N–H and O–H groups in total. The number of carboxylic acid groups (broad SMARTS) is 5. The van der Waals surface area contributed by atoms with Gasteiger partial charge in [0, 0.05) is 0 Å². The number of carboxylic acids is 3. The first kappa shape index (κ1) is 28.3. The van der Waals surface area contributed by atoms with Crippen LogP contribution in [0, 0.1) is 0 Å². The van der Waals surface area contributed by atoms with E-state index in [0.29, 0.717) is 0 Å². The summed E-state index contributed by atoms with van der Waals surface area (Å²) in [5.41, 5.74) is -2.64. The predicted molar refractivity (Wildman–Crippen MR) is 66.3 cm³/mol. The third-order valence-electron chi connectivity index (χ3n) is 1.44. The van der Waals surface area contributed by atoms with E-state index in [1.54, 1.807) is 0 Å². The SMILES string of the molecule is O=C(O)CC(CC(=O)O)(OO)C(=O)O.O=C(O)O.[CaH2].[CaH2]. The first-order valence-electron chi connectivity index (χ1n) is 3.99. The van der Waals surface area contributed by atoms with Gasteiger partial charge in [-0.3, -0.25) is 14.8 Å². The molecule has 0 spiro atoms. The second-order valence-corrected chi connectivity index (χ2v) is 2.81. The van der Waals surface area contributed by atoms with Crippen molar-refractivity contribution in [2.45, 2.75) is 18.4 Å². The van der Waals surface area contributed by atoms with Crippen molar-refractivity contribution in [1.82, 2.24) is 0 Å². The van der Waals surface area contributed by atoms with Crippen molar-refractivity contribution in [2.75, 3.05) is 0 Å². The summed E-state index contributed by atoms with van der Waals surface area (Å²) in [6.07, 6.45) is -4.13. The van der Waals surface area contributed by atoms with Crippen molar-refractivity contribution in [3.05, 3.63) is 0 Å². The molecule has 0 fully saturated rings. The van der Waals surface area contributed by atoms with Gasteiger partial charge in [-0.25, -0.2) is 14.5 Å². The van der Waals surface area contributed by atoms with E-state index in [1.165, 1.54) is 0 Å². The van der Waals surface area contributed by atoms with Gasteiger partial charge in [0.2, 0.25) is 5.60 Å². The van der Waals surface area contributed by atoms with Gasteiger partial charge in [0.1, 0.15) is 0 Å². The molecule has 0 aromatic heterocycles. The molecule has 0 unspecified atom stereocenters. The van der Waals surface area contributed by atoms with Crippen molar-refractivity contribution in [3.63, 3.8) is 0 Å². The molecule has 0 atom stereocenters. The molecular weight excluding hydrogens is 340 g/mol. The van der Waals surface area contributed by atoms with Crippen LogP contribution in [0.25, 0.3) is 0 Å². The van der Waals surface area contributed by atoms with E-state index in [9.17, 15) is 14.4 Å². The van der Waals surface area contributed by atoms with E-state index in [2.05, 4.69) is 4.89 Å². The van der Waals surface area contributed by atoms with Gasteiger partial charge >= 0.3 is 99.5 Å². The van der Waals surface area contributed by atoms with Crippen LogP contribution >= 0.6 is 0 Å². The zero-order valence-corrected chi connectivity index (χ0v) is 8.64. The Balaban J connectivity index is -0.000000188. The maximum absolute atomic E-state index is 10.5. The monoisotopic (exact) mass is 354 g/mol. The fraction of sp³-hybridized carbons (Fsp3) is 0.429. The summed E-state index contributed by atoms with van der Waals surface area (Å²) in [7, 11) is 0. The molecule has 13 heteroatoms. The quantitative estimate of drug-likeness (QED) is 0.169. The van der Waals surface area contributed by atoms with Crippen LogP contribution in [0.5, 0.6) is 0 Å². The van der Waals surface area contributed by atoms with Gasteiger partial charge in [-0.1, -0.05) is 0 Å². The molecule has 0 saturated heterocycles. The Kier molecular flexibility index (Phi) is 19.9. The Labute approximate surface area is 171 Å². The van der Waals surface area contributed by atoms with E-state index in [0.717, 1.165) is 0 Å². The number of aliphatic carboxylic acids is 3. The van der Waals surface area contributed by atoms with Gasteiger partial charge in [0.25, 0.3) is 0 Å². The van der Waals surface area contributed by atoms with E-state index in [1.807, 2.05) is 0 Å². The fourth-order valence-electron chi connectivity index (χ4n) is 0.806. The number of hydrogen-bond acceptors (Lipinski definition) is 6. The van der Waals surface area contributed by atoms with Crippen LogP contribution < -0.4 is 0 Å². The second kappa shape index (κ2) is 14.1. The van der Waals surface area contributed by atoms with Gasteiger partial charge in [-0.15, -0.1) is 0 Å². The summed E-state index contributed by atoms with van der Waals surface area (Å²) in [4.78, 5) is 43.0. The van der Waals surface area contributed by atoms with Crippen LogP contribution in [0.1, 0.15) is 12.8 Å². The molecule has 0 saturated carbocycles. The number of hydrogen-bond donors (Lipinski definition) is 6. The number of rotatable bonds is 6. The topological polar surface area (TPSA) is 199 Å². The standard InChI is InChI=1S/C6H8O8.CH2O3.2Ca.4H/c7-3(8)1-6(14-13,5(11)12)2-4(9)10;2-1(3)4;;;;;;/h13H,1-2H2,(H,7,8)(H,9,10)(H,11,12);(H2,2,3,4);;;;;;. The molecule has 0 aliphatic rings. The van der Waals surface area contributed by atoms with Gasteiger partial charge in [-0.2, -0.15) is 0 Å². The summed E-state index contributed by atoms with van der Waals surface area (Å²) < 4.78 is 0. The molecule has 0 rings (SSSR count). The van der Waals surface area contributed by atoms with E-state index < -0.39 is 42.5 Å². The average Bonchev–Trinajstić information content (AvgIpc) is 2.13. The Bertz CT molecular complexity index is 322. The Morgan fingerprint density at radius 3 is 1.15 bits per heavy atom. The van der Waals surface area contributed by atoms with Crippen molar-refractivity contribution < 1.29 is 54.9 Å². The summed E-state index contributed by atoms with van der Waals surface area (Å²) in [5, 5.41) is 47.3. The van der Waals surface area contributed by atoms with Crippen molar-refractivity contribution >= 4 is 99.5 Å². The van der Waals surface area contributed by atoms with Crippen molar-refractivity contribution in [3.8, 4) is 0 Å². The van der Waals surface area contributed by atoms with E-state index >= 15 is 0 Å². The molecule has 0 amide bonds. The third-order valence-corrected chi connectivity index (χ3v) is 1.44. The third kappa shape index (κ3) is 14.5. The molecule has 0 heterocycles. The summed E-state index contributed by atoms with van der Waals surface area (Å²) in [5.74, 6) is -5.05. The molecule has 11 nitrogen and oxygen atoms in total. The van der Waals surface area contributed by atoms with Crippen LogP contribution in [-0.2, 0) is 19.3 Å². The number of carbonyl (C=O) groups is 4. The molecule has 0 radical (unpaired) electrons. The van der Waals surface area contributed by atoms with Crippen molar-refractivity contribution in [1.29, 1.82) is 0 Å².